The van der Waals surface area contributed by atoms with Crippen molar-refractivity contribution in [2.75, 3.05) is 0 Å². The van der Waals surface area contributed by atoms with Crippen molar-refractivity contribution in [1.29, 1.82) is 5.26 Å². The van der Waals surface area contributed by atoms with Crippen LogP contribution in [0.3, 0.4) is 0 Å². The van der Waals surface area contributed by atoms with Crippen LogP contribution in [-0.2, 0) is 0 Å². The highest BCUT2D eigenvalue weighted by atomic mass is 32.2. The minimum absolute atomic E-state index is 0.313. The zero-order chi connectivity index (χ0) is 13.0. The largest absolute Gasteiger partial charge is 0.280 e. The van der Waals surface area contributed by atoms with Gasteiger partial charge in [-0.05, 0) is 18.6 Å². The van der Waals surface area contributed by atoms with Crippen molar-refractivity contribution in [3.05, 3.63) is 46.5 Å². The number of carbonyl (C=O) groups excluding carboxylic acids is 1. The quantitative estimate of drug-likeness (QED) is 0.816. The van der Waals surface area contributed by atoms with E-state index in [1.165, 1.54) is 11.8 Å². The lowest BCUT2D eigenvalue weighted by Crippen LogP contribution is -2.06. The molecule has 1 aliphatic heterocycles. The molecule has 0 aromatic heterocycles. The summed E-state index contributed by atoms with van der Waals surface area (Å²) in [5.74, 6) is -0.427. The maximum absolute atomic E-state index is 11.9. The van der Waals surface area contributed by atoms with Crippen LogP contribution in [0.1, 0.15) is 29.3 Å². The molecule has 0 bridgehead atoms. The van der Waals surface area contributed by atoms with E-state index in [1.807, 2.05) is 13.0 Å². The average molecular weight is 256 g/mol. The molecule has 1 aromatic carbocycles. The van der Waals surface area contributed by atoms with Crippen LogP contribution in [0.4, 0.5) is 0 Å². The first kappa shape index (κ1) is 12.4. The molecular formula is C13H10N3OS. The zero-order valence-corrected chi connectivity index (χ0v) is 10.6. The maximum Gasteiger partial charge on any atom is 0.280 e. The Morgan fingerprint density at radius 1 is 1.50 bits per heavy atom. The molecule has 1 heterocycles. The SMILES string of the molecule is CCC1=C[N]C(=NC(=O)c2ccccc2C#N)S1. The fourth-order valence-electron chi connectivity index (χ4n) is 1.43. The Labute approximate surface area is 109 Å². The van der Waals surface area contributed by atoms with E-state index in [-0.39, 0.29) is 0 Å². The minimum atomic E-state index is -0.427. The van der Waals surface area contributed by atoms with Gasteiger partial charge in [0, 0.05) is 11.1 Å². The van der Waals surface area contributed by atoms with Crippen molar-refractivity contribution in [3.63, 3.8) is 0 Å². The number of nitriles is 1. The third-order valence-electron chi connectivity index (χ3n) is 2.36. The predicted octanol–water partition coefficient (Wildman–Crippen LogP) is 2.66. The van der Waals surface area contributed by atoms with Gasteiger partial charge in [0.1, 0.15) is 0 Å². The zero-order valence-electron chi connectivity index (χ0n) is 9.75. The molecule has 2 rings (SSSR count). The molecule has 89 valence electrons. The fraction of sp³-hybridized carbons (Fsp3) is 0.154. The van der Waals surface area contributed by atoms with E-state index in [1.54, 1.807) is 30.5 Å². The van der Waals surface area contributed by atoms with Gasteiger partial charge in [0.05, 0.1) is 17.2 Å². The van der Waals surface area contributed by atoms with Gasteiger partial charge in [-0.25, -0.2) is 5.32 Å². The second-order valence-electron chi connectivity index (χ2n) is 3.54. The molecule has 0 saturated heterocycles. The maximum atomic E-state index is 11.9. The summed E-state index contributed by atoms with van der Waals surface area (Å²) < 4.78 is 0. The van der Waals surface area contributed by atoms with Crippen LogP contribution in [0, 0.1) is 11.3 Å². The number of allylic oxidation sites excluding steroid dienone is 1. The van der Waals surface area contributed by atoms with Gasteiger partial charge in [-0.1, -0.05) is 30.8 Å². The predicted molar refractivity (Wildman–Crippen MR) is 71.0 cm³/mol. The Balaban J connectivity index is 2.19. The molecular weight excluding hydrogens is 246 g/mol. The monoisotopic (exact) mass is 256 g/mol. The van der Waals surface area contributed by atoms with Crippen molar-refractivity contribution in [1.82, 2.24) is 5.32 Å². The molecule has 0 saturated carbocycles. The topological polar surface area (TPSA) is 67.3 Å². The molecule has 1 amide bonds. The van der Waals surface area contributed by atoms with E-state index < -0.39 is 5.91 Å². The van der Waals surface area contributed by atoms with Gasteiger partial charge in [-0.3, -0.25) is 4.79 Å². The summed E-state index contributed by atoms with van der Waals surface area (Å²) in [5, 5.41) is 13.4. The summed E-state index contributed by atoms with van der Waals surface area (Å²) in [6.45, 7) is 2.02. The second kappa shape index (κ2) is 5.52. The lowest BCUT2D eigenvalue weighted by Gasteiger charge is -1.99. The molecule has 1 aliphatic rings. The van der Waals surface area contributed by atoms with Crippen molar-refractivity contribution in [3.8, 4) is 6.07 Å². The number of thioether (sulfide) groups is 1. The smallest absolute Gasteiger partial charge is 0.267 e. The Bertz CT molecular complexity index is 584. The van der Waals surface area contributed by atoms with Gasteiger partial charge >= 0.3 is 0 Å². The number of benzene rings is 1. The number of amides is 1. The van der Waals surface area contributed by atoms with Crippen molar-refractivity contribution in [2.24, 2.45) is 4.99 Å². The number of rotatable bonds is 2. The summed E-state index contributed by atoms with van der Waals surface area (Å²) in [7, 11) is 0. The first-order valence-corrected chi connectivity index (χ1v) is 6.26. The normalized spacial score (nSPS) is 16.0. The molecule has 0 aliphatic carbocycles. The average Bonchev–Trinajstić information content (AvgIpc) is 2.86. The summed E-state index contributed by atoms with van der Waals surface area (Å²) in [6, 6.07) is 8.60. The van der Waals surface area contributed by atoms with Crippen molar-refractivity contribution < 1.29 is 4.79 Å². The summed E-state index contributed by atoms with van der Waals surface area (Å²) in [4.78, 5) is 16.9. The molecule has 0 atom stereocenters. The number of hydrogen-bond donors (Lipinski definition) is 0. The number of nitrogens with zero attached hydrogens (tertiary/aromatic N) is 3. The molecule has 4 nitrogen and oxygen atoms in total. The molecule has 0 spiro atoms. The van der Waals surface area contributed by atoms with Crippen molar-refractivity contribution in [2.45, 2.75) is 13.3 Å². The first-order chi connectivity index (χ1) is 8.74. The molecule has 0 fully saturated rings. The Morgan fingerprint density at radius 3 is 2.94 bits per heavy atom. The van der Waals surface area contributed by atoms with Gasteiger partial charge < -0.3 is 0 Å². The van der Waals surface area contributed by atoms with E-state index in [2.05, 4.69) is 10.3 Å². The number of hydrogen-bond acceptors (Lipinski definition) is 3. The molecule has 1 aromatic rings. The summed E-state index contributed by atoms with van der Waals surface area (Å²) in [5.41, 5.74) is 0.645. The lowest BCUT2D eigenvalue weighted by atomic mass is 10.1. The van der Waals surface area contributed by atoms with Crippen LogP contribution in [0.5, 0.6) is 0 Å². The molecule has 0 unspecified atom stereocenters. The van der Waals surface area contributed by atoms with E-state index in [4.69, 9.17) is 5.26 Å². The Hall–Kier alpha value is -2.06. The standard InChI is InChI=1S/C13H10N3OS/c1-2-10-8-15-13(18-10)16-12(17)11-6-4-3-5-9(11)7-14/h3-6,8H,2H2,1H3. The van der Waals surface area contributed by atoms with Gasteiger partial charge in [-0.2, -0.15) is 10.3 Å². The summed E-state index contributed by atoms with van der Waals surface area (Å²) >= 11 is 1.39. The number of aliphatic imine (C=N–C) groups is 1. The third-order valence-corrected chi connectivity index (χ3v) is 3.40. The lowest BCUT2D eigenvalue weighted by molar-refractivity contribution is 0.100. The minimum Gasteiger partial charge on any atom is -0.267 e. The molecule has 5 heteroatoms. The Kier molecular flexibility index (Phi) is 3.80. The fourth-order valence-corrected chi connectivity index (χ4v) is 2.14. The van der Waals surface area contributed by atoms with Crippen LogP contribution >= 0.6 is 11.8 Å². The molecule has 1 radical (unpaired) electrons. The van der Waals surface area contributed by atoms with Crippen LogP contribution in [0.15, 0.2) is 40.4 Å². The van der Waals surface area contributed by atoms with E-state index in [0.717, 1.165) is 11.3 Å². The van der Waals surface area contributed by atoms with Gasteiger partial charge in [-0.15, -0.1) is 0 Å². The molecule has 0 N–H and O–H groups in total. The first-order valence-electron chi connectivity index (χ1n) is 5.44. The third kappa shape index (κ3) is 2.60. The highest BCUT2D eigenvalue weighted by molar-refractivity contribution is 8.17. The second-order valence-corrected chi connectivity index (χ2v) is 4.63. The molecule has 18 heavy (non-hydrogen) atoms. The van der Waals surface area contributed by atoms with Gasteiger partial charge in [0.25, 0.3) is 5.91 Å². The van der Waals surface area contributed by atoms with Crippen molar-refractivity contribution >= 4 is 22.8 Å². The van der Waals surface area contributed by atoms with Gasteiger partial charge in [0.2, 0.25) is 0 Å². The highest BCUT2D eigenvalue weighted by Crippen LogP contribution is 2.25. The van der Waals surface area contributed by atoms with Gasteiger partial charge in [0.15, 0.2) is 5.17 Å². The summed E-state index contributed by atoms with van der Waals surface area (Å²) in [6.07, 6.45) is 2.59. The Morgan fingerprint density at radius 2 is 2.28 bits per heavy atom. The van der Waals surface area contributed by atoms with E-state index >= 15 is 0 Å². The van der Waals surface area contributed by atoms with Crippen LogP contribution in [0.2, 0.25) is 0 Å². The number of amidine groups is 1. The van der Waals surface area contributed by atoms with Crippen LogP contribution in [0.25, 0.3) is 0 Å². The van der Waals surface area contributed by atoms with Crippen LogP contribution in [-0.4, -0.2) is 11.1 Å². The van der Waals surface area contributed by atoms with Crippen LogP contribution < -0.4 is 5.32 Å². The highest BCUT2D eigenvalue weighted by Gasteiger charge is 2.16. The van der Waals surface area contributed by atoms with E-state index in [0.29, 0.717) is 16.3 Å². The number of carbonyl (C=O) groups is 1. The van der Waals surface area contributed by atoms with E-state index in [9.17, 15) is 4.79 Å².